The second-order valence-corrected chi connectivity index (χ2v) is 2.19. The summed E-state index contributed by atoms with van der Waals surface area (Å²) in [4.78, 5) is 10.5. The molecule has 0 fully saturated rings. The molecule has 0 aliphatic rings. The number of hydrogen-bond acceptors (Lipinski definition) is 3. The molecule has 0 unspecified atom stereocenters. The van der Waals surface area contributed by atoms with Crippen LogP contribution in [0.5, 0.6) is 5.75 Å². The van der Waals surface area contributed by atoms with E-state index in [9.17, 15) is 9.90 Å². The summed E-state index contributed by atoms with van der Waals surface area (Å²) in [7, 11) is 0. The van der Waals surface area contributed by atoms with Gasteiger partial charge in [-0.2, -0.15) is 0 Å². The Morgan fingerprint density at radius 2 is 1.92 bits per heavy atom. The third-order valence-electron chi connectivity index (χ3n) is 1.23. The Morgan fingerprint density at radius 3 is 2.42 bits per heavy atom. The Bertz CT molecular complexity index is 268. The Kier molecular flexibility index (Phi) is 2.66. The maximum absolute atomic E-state index is 10.5. The maximum atomic E-state index is 10.5. The van der Waals surface area contributed by atoms with Crippen molar-refractivity contribution in [2.24, 2.45) is 0 Å². The van der Waals surface area contributed by atoms with Gasteiger partial charge in [-0.1, -0.05) is 0 Å². The van der Waals surface area contributed by atoms with Crippen LogP contribution in [-0.2, 0) is 9.90 Å². The highest BCUT2D eigenvalue weighted by Gasteiger charge is 2.01. The van der Waals surface area contributed by atoms with Gasteiger partial charge in [-0.3, -0.25) is 0 Å². The van der Waals surface area contributed by atoms with Gasteiger partial charge in [0, 0.05) is 5.69 Å². The minimum Gasteiger partial charge on any atom is -0.425 e. The molecule has 1 aromatic rings. The molecule has 0 aromatic heterocycles. The summed E-state index contributed by atoms with van der Waals surface area (Å²) in [5.74, 6) is -0.454. The molecule has 0 saturated heterocycles. The highest BCUT2D eigenvalue weighted by atomic mass is 16.5. The van der Waals surface area contributed by atoms with Crippen LogP contribution >= 0.6 is 0 Å². The van der Waals surface area contributed by atoms with Crippen LogP contribution < -0.4 is 10.5 Å². The van der Waals surface area contributed by atoms with Crippen molar-refractivity contribution in [2.45, 2.75) is 0 Å². The second kappa shape index (κ2) is 3.73. The molecule has 63 valence electrons. The first-order chi connectivity index (χ1) is 5.72. The van der Waals surface area contributed by atoms with Crippen molar-refractivity contribution < 1.29 is 14.6 Å². The van der Waals surface area contributed by atoms with Crippen LogP contribution in [0, 0.1) is 0 Å². The quantitative estimate of drug-likeness (QED) is 0.397. The van der Waals surface area contributed by atoms with Crippen molar-refractivity contribution in [3.63, 3.8) is 0 Å². The van der Waals surface area contributed by atoms with E-state index in [1.165, 1.54) is 12.1 Å². The first kappa shape index (κ1) is 8.55. The SMILES string of the molecule is Nc1ccc(OC(=O)C[O])cc1. The summed E-state index contributed by atoms with van der Waals surface area (Å²) in [6.45, 7) is -0.871. The normalized spacial score (nSPS) is 9.42. The number of hydrogen-bond donors (Lipinski definition) is 1. The first-order valence-electron chi connectivity index (χ1n) is 3.36. The lowest BCUT2D eigenvalue weighted by Gasteiger charge is -2.00. The number of rotatable bonds is 2. The second-order valence-electron chi connectivity index (χ2n) is 2.19. The van der Waals surface area contributed by atoms with Gasteiger partial charge in [0.25, 0.3) is 0 Å². The zero-order valence-corrected chi connectivity index (χ0v) is 6.32. The van der Waals surface area contributed by atoms with E-state index in [1.807, 2.05) is 0 Å². The fraction of sp³-hybridized carbons (Fsp3) is 0.125. The molecular weight excluding hydrogens is 158 g/mol. The van der Waals surface area contributed by atoms with Crippen molar-refractivity contribution in [1.29, 1.82) is 0 Å². The highest BCUT2D eigenvalue weighted by molar-refractivity contribution is 5.73. The molecule has 4 heteroatoms. The van der Waals surface area contributed by atoms with Gasteiger partial charge in [0.05, 0.1) is 0 Å². The van der Waals surface area contributed by atoms with Crippen LogP contribution in [0.25, 0.3) is 0 Å². The number of esters is 1. The van der Waals surface area contributed by atoms with Crippen LogP contribution in [0.2, 0.25) is 0 Å². The molecule has 0 aliphatic carbocycles. The molecule has 0 heterocycles. The van der Waals surface area contributed by atoms with Gasteiger partial charge in [0.1, 0.15) is 5.75 Å². The fourth-order valence-corrected chi connectivity index (χ4v) is 0.697. The molecule has 1 aromatic carbocycles. The van der Waals surface area contributed by atoms with Crippen molar-refractivity contribution in [1.82, 2.24) is 0 Å². The lowest BCUT2D eigenvalue weighted by Crippen LogP contribution is -2.11. The van der Waals surface area contributed by atoms with E-state index >= 15 is 0 Å². The molecular formula is C8H8NO3. The largest absolute Gasteiger partial charge is 0.425 e. The number of carbonyl (C=O) groups excluding carboxylic acids is 1. The predicted octanol–water partition coefficient (Wildman–Crippen LogP) is 0.605. The minimum absolute atomic E-state index is 0.338. The summed E-state index contributed by atoms with van der Waals surface area (Å²) in [6, 6.07) is 6.24. The first-order valence-corrected chi connectivity index (χ1v) is 3.36. The highest BCUT2D eigenvalue weighted by Crippen LogP contribution is 2.12. The van der Waals surface area contributed by atoms with Gasteiger partial charge in [-0.05, 0) is 24.3 Å². The van der Waals surface area contributed by atoms with Crippen LogP contribution in [0.1, 0.15) is 0 Å². The zero-order chi connectivity index (χ0) is 8.97. The molecule has 12 heavy (non-hydrogen) atoms. The van der Waals surface area contributed by atoms with E-state index in [0.717, 1.165) is 0 Å². The molecule has 0 spiro atoms. The summed E-state index contributed by atoms with van der Waals surface area (Å²) in [5, 5.41) is 10.0. The molecule has 1 radical (unpaired) electrons. The van der Waals surface area contributed by atoms with Crippen molar-refractivity contribution >= 4 is 11.7 Å². The Balaban J connectivity index is 2.64. The molecule has 1 rings (SSSR count). The van der Waals surface area contributed by atoms with Crippen LogP contribution in [0.3, 0.4) is 0 Å². The molecule has 0 bridgehead atoms. The van der Waals surface area contributed by atoms with Gasteiger partial charge in [0.2, 0.25) is 0 Å². The van der Waals surface area contributed by atoms with E-state index in [2.05, 4.69) is 4.74 Å². The van der Waals surface area contributed by atoms with Crippen molar-refractivity contribution in [2.75, 3.05) is 12.3 Å². The predicted molar refractivity (Wildman–Crippen MR) is 42.0 cm³/mol. The van der Waals surface area contributed by atoms with E-state index in [4.69, 9.17) is 5.73 Å². The third kappa shape index (κ3) is 2.25. The number of nitrogen functional groups attached to an aromatic ring is 1. The average molecular weight is 166 g/mol. The lowest BCUT2D eigenvalue weighted by molar-refractivity contribution is -0.139. The van der Waals surface area contributed by atoms with Crippen LogP contribution in [-0.4, -0.2) is 12.6 Å². The van der Waals surface area contributed by atoms with Crippen molar-refractivity contribution in [3.05, 3.63) is 24.3 Å². The monoisotopic (exact) mass is 166 g/mol. The topological polar surface area (TPSA) is 72.2 Å². The Hall–Kier alpha value is -1.55. The standard InChI is InChI=1S/C8H8NO3/c9-6-1-3-7(4-2-6)12-8(11)5-10/h1-4H,5,9H2. The summed E-state index contributed by atoms with van der Waals surface area (Å²) in [6.07, 6.45) is 0. The molecule has 0 atom stereocenters. The number of anilines is 1. The summed E-state index contributed by atoms with van der Waals surface area (Å²) in [5.41, 5.74) is 5.97. The van der Waals surface area contributed by atoms with Gasteiger partial charge in [0.15, 0.2) is 6.61 Å². The zero-order valence-electron chi connectivity index (χ0n) is 6.32. The Morgan fingerprint density at radius 1 is 1.33 bits per heavy atom. The number of benzene rings is 1. The smallest absolute Gasteiger partial charge is 0.340 e. The molecule has 2 N–H and O–H groups in total. The Labute approximate surface area is 69.6 Å². The summed E-state index contributed by atoms with van der Waals surface area (Å²) < 4.78 is 4.61. The van der Waals surface area contributed by atoms with E-state index in [0.29, 0.717) is 11.4 Å². The lowest BCUT2D eigenvalue weighted by atomic mass is 10.3. The number of nitrogens with two attached hydrogens (primary N) is 1. The van der Waals surface area contributed by atoms with Gasteiger partial charge >= 0.3 is 5.97 Å². The van der Waals surface area contributed by atoms with Gasteiger partial charge in [-0.15, -0.1) is 0 Å². The molecule has 0 aliphatic heterocycles. The van der Waals surface area contributed by atoms with Crippen LogP contribution in [0.4, 0.5) is 5.69 Å². The average Bonchev–Trinajstić information content (AvgIpc) is 2.09. The third-order valence-corrected chi connectivity index (χ3v) is 1.23. The minimum atomic E-state index is -0.871. The molecule has 4 nitrogen and oxygen atoms in total. The molecule has 0 amide bonds. The van der Waals surface area contributed by atoms with Gasteiger partial charge in [-0.25, -0.2) is 9.90 Å². The maximum Gasteiger partial charge on any atom is 0.340 e. The van der Waals surface area contributed by atoms with Crippen LogP contribution in [0.15, 0.2) is 24.3 Å². The van der Waals surface area contributed by atoms with E-state index in [1.54, 1.807) is 12.1 Å². The van der Waals surface area contributed by atoms with E-state index < -0.39 is 12.6 Å². The van der Waals surface area contributed by atoms with Crippen molar-refractivity contribution in [3.8, 4) is 5.75 Å². The number of carbonyl (C=O) groups is 1. The van der Waals surface area contributed by atoms with E-state index in [-0.39, 0.29) is 0 Å². The summed E-state index contributed by atoms with van der Waals surface area (Å²) >= 11 is 0. The number of ether oxygens (including phenoxy) is 1. The fourth-order valence-electron chi connectivity index (χ4n) is 0.697. The van der Waals surface area contributed by atoms with Gasteiger partial charge < -0.3 is 10.5 Å². The molecule has 0 saturated carbocycles.